The number of aryl methyl sites for hydroxylation is 2. The number of hydrogen-bond acceptors (Lipinski definition) is 3. The zero-order valence-corrected chi connectivity index (χ0v) is 16.6. The number of carbonyl (C=O) groups is 1. The molecule has 2 aromatic rings. The monoisotopic (exact) mass is 356 g/mol. The van der Waals surface area contributed by atoms with Gasteiger partial charge < -0.3 is 10.6 Å². The van der Waals surface area contributed by atoms with Gasteiger partial charge in [-0.3, -0.25) is 4.79 Å². The Morgan fingerprint density at radius 3 is 2.50 bits per heavy atom. The van der Waals surface area contributed by atoms with Gasteiger partial charge in [0.2, 0.25) is 5.91 Å². The first kappa shape index (κ1) is 20.2. The van der Waals surface area contributed by atoms with Gasteiger partial charge in [0.05, 0.1) is 11.4 Å². The van der Waals surface area contributed by atoms with Crippen molar-refractivity contribution in [2.24, 2.45) is 5.73 Å². The zero-order valence-electron chi connectivity index (χ0n) is 16.6. The molecule has 0 unspecified atom stereocenters. The minimum Gasteiger partial charge on any atom is -0.341 e. The van der Waals surface area contributed by atoms with Crippen LogP contribution in [0.1, 0.15) is 54.6 Å². The van der Waals surface area contributed by atoms with Gasteiger partial charge in [-0.1, -0.05) is 31.0 Å². The molecule has 5 nitrogen and oxygen atoms in total. The van der Waals surface area contributed by atoms with E-state index in [1.54, 1.807) is 0 Å². The number of rotatable bonds is 9. The van der Waals surface area contributed by atoms with Crippen molar-refractivity contribution in [1.82, 2.24) is 14.7 Å². The molecule has 2 rings (SSSR count). The number of benzene rings is 1. The summed E-state index contributed by atoms with van der Waals surface area (Å²) in [6.45, 7) is 7.52. The molecule has 0 aliphatic heterocycles. The van der Waals surface area contributed by atoms with Gasteiger partial charge in [-0.15, -0.1) is 0 Å². The first-order valence-electron chi connectivity index (χ1n) is 9.50. The number of hydrogen-bond donors (Lipinski definition) is 1. The second-order valence-corrected chi connectivity index (χ2v) is 7.05. The van der Waals surface area contributed by atoms with Gasteiger partial charge in [0, 0.05) is 31.3 Å². The smallest absolute Gasteiger partial charge is 0.222 e. The van der Waals surface area contributed by atoms with Gasteiger partial charge in [0.15, 0.2) is 0 Å². The molecule has 1 heterocycles. The zero-order chi connectivity index (χ0) is 19.1. The Balaban J connectivity index is 2.03. The minimum absolute atomic E-state index is 0.195. The molecule has 1 aromatic carbocycles. The van der Waals surface area contributed by atoms with Crippen LogP contribution >= 0.6 is 0 Å². The fraction of sp³-hybridized carbons (Fsp3) is 0.524. The van der Waals surface area contributed by atoms with Crippen molar-refractivity contribution >= 4 is 5.91 Å². The Labute approximate surface area is 157 Å². The van der Waals surface area contributed by atoms with Crippen molar-refractivity contribution in [3.05, 3.63) is 46.8 Å². The molecule has 5 heteroatoms. The van der Waals surface area contributed by atoms with Crippen molar-refractivity contribution in [2.45, 2.75) is 59.4 Å². The predicted octanol–water partition coefficient (Wildman–Crippen LogP) is 3.67. The number of aromatic nitrogens is 2. The summed E-state index contributed by atoms with van der Waals surface area (Å²) in [4.78, 5) is 14.2. The van der Waals surface area contributed by atoms with E-state index in [1.807, 2.05) is 35.7 Å². The summed E-state index contributed by atoms with van der Waals surface area (Å²) in [5.41, 5.74) is 11.0. The third kappa shape index (κ3) is 4.94. The number of nitrogens with two attached hydrogens (primary N) is 1. The third-order valence-corrected chi connectivity index (χ3v) is 4.95. The quantitative estimate of drug-likeness (QED) is 0.697. The summed E-state index contributed by atoms with van der Waals surface area (Å²) >= 11 is 0. The van der Waals surface area contributed by atoms with Crippen LogP contribution in [0.4, 0.5) is 0 Å². The molecule has 0 aliphatic carbocycles. The Hall–Kier alpha value is -2.14. The molecule has 0 radical (unpaired) electrons. The van der Waals surface area contributed by atoms with Crippen LogP contribution in [0.15, 0.2) is 24.3 Å². The highest BCUT2D eigenvalue weighted by Gasteiger charge is 2.17. The van der Waals surface area contributed by atoms with Gasteiger partial charge in [-0.2, -0.15) is 5.10 Å². The van der Waals surface area contributed by atoms with Gasteiger partial charge in [-0.25, -0.2) is 4.68 Å². The normalized spacial score (nSPS) is 11.0. The molecule has 26 heavy (non-hydrogen) atoms. The van der Waals surface area contributed by atoms with Crippen LogP contribution in [0.25, 0.3) is 5.69 Å². The minimum atomic E-state index is 0.195. The maximum atomic E-state index is 12.4. The lowest BCUT2D eigenvalue weighted by atomic mass is 10.1. The topological polar surface area (TPSA) is 64.2 Å². The summed E-state index contributed by atoms with van der Waals surface area (Å²) in [7, 11) is 1.88. The summed E-state index contributed by atoms with van der Waals surface area (Å²) in [6.07, 6.45) is 4.75. The molecule has 0 saturated heterocycles. The third-order valence-electron chi connectivity index (χ3n) is 4.95. The van der Waals surface area contributed by atoms with Crippen molar-refractivity contribution in [1.29, 1.82) is 0 Å². The molecule has 1 amide bonds. The van der Waals surface area contributed by atoms with E-state index in [-0.39, 0.29) is 5.91 Å². The second-order valence-electron chi connectivity index (χ2n) is 7.05. The van der Waals surface area contributed by atoms with Crippen LogP contribution in [-0.2, 0) is 11.3 Å². The van der Waals surface area contributed by atoms with Gasteiger partial charge in [0.25, 0.3) is 0 Å². The summed E-state index contributed by atoms with van der Waals surface area (Å²) in [6, 6.07) is 8.23. The van der Waals surface area contributed by atoms with E-state index in [9.17, 15) is 4.79 Å². The van der Waals surface area contributed by atoms with Crippen molar-refractivity contribution in [2.75, 3.05) is 13.6 Å². The van der Waals surface area contributed by atoms with Gasteiger partial charge in [-0.05, 0) is 51.8 Å². The number of nitrogens with zero attached hydrogens (tertiary/aromatic N) is 3. The maximum absolute atomic E-state index is 12.4. The Morgan fingerprint density at radius 2 is 1.81 bits per heavy atom. The molecule has 142 valence electrons. The van der Waals surface area contributed by atoms with Gasteiger partial charge in [0.1, 0.15) is 0 Å². The molecular weight excluding hydrogens is 324 g/mol. The Kier molecular flexibility index (Phi) is 7.39. The summed E-state index contributed by atoms with van der Waals surface area (Å²) < 4.78 is 1.99. The van der Waals surface area contributed by atoms with E-state index in [0.717, 1.165) is 54.9 Å². The van der Waals surface area contributed by atoms with E-state index in [4.69, 9.17) is 10.8 Å². The Bertz CT molecular complexity index is 736. The Morgan fingerprint density at radius 1 is 1.12 bits per heavy atom. The van der Waals surface area contributed by atoms with Crippen LogP contribution in [0, 0.1) is 20.8 Å². The van der Waals surface area contributed by atoms with Crippen LogP contribution in [0.3, 0.4) is 0 Å². The molecule has 0 saturated carbocycles. The van der Waals surface area contributed by atoms with Crippen LogP contribution in [0.2, 0.25) is 0 Å². The lowest BCUT2D eigenvalue weighted by molar-refractivity contribution is -0.130. The molecular formula is C21H32N4O. The fourth-order valence-electron chi connectivity index (χ4n) is 3.23. The fourth-order valence-corrected chi connectivity index (χ4v) is 3.23. The lowest BCUT2D eigenvalue weighted by Gasteiger charge is -2.18. The van der Waals surface area contributed by atoms with Crippen LogP contribution in [0.5, 0.6) is 0 Å². The standard InChI is InChI=1S/C21H32N4O/c1-16-11-8-9-12-20(16)25-18(3)19(17(2)23-25)15-24(4)21(26)13-7-5-6-10-14-22/h8-9,11-12H,5-7,10,13-15,22H2,1-4H3. The second kappa shape index (κ2) is 9.53. The first-order valence-corrected chi connectivity index (χ1v) is 9.50. The molecule has 2 N–H and O–H groups in total. The van der Waals surface area contributed by atoms with E-state index < -0.39 is 0 Å². The van der Waals surface area contributed by atoms with E-state index in [0.29, 0.717) is 13.0 Å². The molecule has 0 fully saturated rings. The largest absolute Gasteiger partial charge is 0.341 e. The van der Waals surface area contributed by atoms with Crippen LogP contribution in [-0.4, -0.2) is 34.2 Å². The highest BCUT2D eigenvalue weighted by atomic mass is 16.2. The van der Waals surface area contributed by atoms with Crippen molar-refractivity contribution < 1.29 is 4.79 Å². The van der Waals surface area contributed by atoms with E-state index in [2.05, 4.69) is 26.0 Å². The summed E-state index contributed by atoms with van der Waals surface area (Å²) in [5, 5.41) is 4.72. The van der Waals surface area contributed by atoms with Crippen molar-refractivity contribution in [3.8, 4) is 5.69 Å². The van der Waals surface area contributed by atoms with E-state index in [1.165, 1.54) is 5.56 Å². The predicted molar refractivity (Wildman–Crippen MR) is 106 cm³/mol. The van der Waals surface area contributed by atoms with Crippen LogP contribution < -0.4 is 5.73 Å². The SMILES string of the molecule is Cc1ccccc1-n1nc(C)c(CN(C)C(=O)CCCCCCN)c1C. The molecule has 0 aliphatic rings. The highest BCUT2D eigenvalue weighted by molar-refractivity contribution is 5.75. The number of amides is 1. The molecule has 0 spiro atoms. The summed E-state index contributed by atoms with van der Waals surface area (Å²) in [5.74, 6) is 0.195. The first-order chi connectivity index (χ1) is 12.5. The maximum Gasteiger partial charge on any atom is 0.222 e. The average molecular weight is 357 g/mol. The van der Waals surface area contributed by atoms with Gasteiger partial charge >= 0.3 is 0 Å². The number of para-hydroxylation sites is 1. The lowest BCUT2D eigenvalue weighted by Crippen LogP contribution is -2.26. The van der Waals surface area contributed by atoms with E-state index >= 15 is 0 Å². The highest BCUT2D eigenvalue weighted by Crippen LogP contribution is 2.21. The molecule has 0 atom stereocenters. The number of unbranched alkanes of at least 4 members (excludes halogenated alkanes) is 3. The molecule has 1 aromatic heterocycles. The molecule has 0 bridgehead atoms. The average Bonchev–Trinajstić information content (AvgIpc) is 2.89. The van der Waals surface area contributed by atoms with Crippen molar-refractivity contribution in [3.63, 3.8) is 0 Å². The number of carbonyl (C=O) groups excluding carboxylic acids is 1.